The second-order valence-corrected chi connectivity index (χ2v) is 4.63. The van der Waals surface area contributed by atoms with Gasteiger partial charge in [-0.15, -0.1) is 11.6 Å². The fraction of sp³-hybridized carbons (Fsp3) is 0.909. The Morgan fingerprint density at radius 1 is 1.53 bits per heavy atom. The van der Waals surface area contributed by atoms with Crippen LogP contribution in [-0.2, 0) is 9.53 Å². The Morgan fingerprint density at radius 3 is 2.80 bits per heavy atom. The van der Waals surface area contributed by atoms with Crippen molar-refractivity contribution >= 4 is 17.5 Å². The lowest BCUT2D eigenvalue weighted by Gasteiger charge is -2.21. The number of alkyl halides is 1. The fourth-order valence-corrected chi connectivity index (χ4v) is 2.03. The van der Waals surface area contributed by atoms with E-state index in [0.717, 1.165) is 25.7 Å². The van der Waals surface area contributed by atoms with Gasteiger partial charge in [0.1, 0.15) is 0 Å². The first kappa shape index (κ1) is 12.8. The minimum Gasteiger partial charge on any atom is -0.381 e. The van der Waals surface area contributed by atoms with Gasteiger partial charge in [-0.25, -0.2) is 0 Å². The molecule has 0 aromatic heterocycles. The average molecular weight is 234 g/mol. The third-order valence-corrected chi connectivity index (χ3v) is 3.06. The first-order chi connectivity index (χ1) is 7.24. The van der Waals surface area contributed by atoms with Crippen LogP contribution in [0.5, 0.6) is 0 Å². The van der Waals surface area contributed by atoms with Crippen LogP contribution in [0, 0.1) is 5.92 Å². The van der Waals surface area contributed by atoms with Gasteiger partial charge in [0.2, 0.25) is 5.91 Å². The minimum atomic E-state index is 0.0683. The van der Waals surface area contributed by atoms with E-state index in [1.807, 2.05) is 0 Å². The van der Waals surface area contributed by atoms with Crippen molar-refractivity contribution in [3.05, 3.63) is 0 Å². The highest BCUT2D eigenvalue weighted by molar-refractivity contribution is 6.20. The molecule has 1 aliphatic heterocycles. The Balaban J connectivity index is 2.16. The number of amides is 1. The first-order valence-corrected chi connectivity index (χ1v) is 6.17. The molecule has 1 aliphatic rings. The van der Waals surface area contributed by atoms with Crippen LogP contribution in [0.1, 0.15) is 32.6 Å². The Kier molecular flexibility index (Phi) is 6.03. The molecule has 4 heteroatoms. The Hall–Kier alpha value is -0.280. The smallest absolute Gasteiger partial charge is 0.223 e. The molecule has 0 radical (unpaired) electrons. The van der Waals surface area contributed by atoms with Crippen molar-refractivity contribution in [3.63, 3.8) is 0 Å². The van der Waals surface area contributed by atoms with Crippen molar-refractivity contribution in [2.24, 2.45) is 5.92 Å². The fourth-order valence-electron chi connectivity index (χ4n) is 1.73. The molecule has 0 aromatic carbocycles. The van der Waals surface area contributed by atoms with Gasteiger partial charge in [0.15, 0.2) is 0 Å². The normalized spacial score (nSPS) is 19.9. The number of carbonyl (C=O) groups excluding carboxylic acids is 1. The van der Waals surface area contributed by atoms with Gasteiger partial charge in [0.05, 0.1) is 5.38 Å². The van der Waals surface area contributed by atoms with Crippen molar-refractivity contribution in [2.45, 2.75) is 38.0 Å². The van der Waals surface area contributed by atoms with Gasteiger partial charge in [-0.2, -0.15) is 0 Å². The van der Waals surface area contributed by atoms with Crippen LogP contribution in [0.15, 0.2) is 0 Å². The number of ether oxygens (including phenoxy) is 1. The second-order valence-electron chi connectivity index (χ2n) is 4.02. The molecule has 15 heavy (non-hydrogen) atoms. The van der Waals surface area contributed by atoms with Crippen LogP contribution in [0.3, 0.4) is 0 Å². The topological polar surface area (TPSA) is 38.3 Å². The van der Waals surface area contributed by atoms with E-state index in [4.69, 9.17) is 16.3 Å². The van der Waals surface area contributed by atoms with Crippen molar-refractivity contribution in [3.8, 4) is 0 Å². The highest BCUT2D eigenvalue weighted by Gasteiger charge is 2.21. The standard InChI is InChI=1S/C11H20ClNO2/c1-2-3-10(12)8-13-11(14)9-4-6-15-7-5-9/h9-10H,2-8H2,1H3,(H,13,14). The molecule has 1 unspecified atom stereocenters. The van der Waals surface area contributed by atoms with Crippen molar-refractivity contribution < 1.29 is 9.53 Å². The Bertz CT molecular complexity index is 193. The molecule has 3 nitrogen and oxygen atoms in total. The summed E-state index contributed by atoms with van der Waals surface area (Å²) in [5.74, 6) is 0.268. The quantitative estimate of drug-likeness (QED) is 0.737. The largest absolute Gasteiger partial charge is 0.381 e. The van der Waals surface area contributed by atoms with Gasteiger partial charge >= 0.3 is 0 Å². The van der Waals surface area contributed by atoms with E-state index in [0.29, 0.717) is 19.8 Å². The molecule has 1 saturated heterocycles. The average Bonchev–Trinajstić information content (AvgIpc) is 2.27. The summed E-state index contributed by atoms with van der Waals surface area (Å²) in [5, 5.41) is 2.98. The summed E-state index contributed by atoms with van der Waals surface area (Å²) in [6, 6.07) is 0. The maximum atomic E-state index is 11.7. The molecule has 0 aromatic rings. The van der Waals surface area contributed by atoms with Crippen molar-refractivity contribution in [2.75, 3.05) is 19.8 Å². The van der Waals surface area contributed by atoms with Crippen LogP contribution in [0.2, 0.25) is 0 Å². The summed E-state index contributed by atoms with van der Waals surface area (Å²) in [5.41, 5.74) is 0. The molecule has 0 bridgehead atoms. The summed E-state index contributed by atoms with van der Waals surface area (Å²) < 4.78 is 5.21. The molecule has 88 valence electrons. The van der Waals surface area contributed by atoms with Gasteiger partial charge in [-0.3, -0.25) is 4.79 Å². The molecule has 1 heterocycles. The third kappa shape index (κ3) is 4.85. The van der Waals surface area contributed by atoms with E-state index < -0.39 is 0 Å². The number of hydrogen-bond donors (Lipinski definition) is 1. The monoisotopic (exact) mass is 233 g/mol. The van der Waals surface area contributed by atoms with Crippen LogP contribution in [0.25, 0.3) is 0 Å². The van der Waals surface area contributed by atoms with Gasteiger partial charge in [0.25, 0.3) is 0 Å². The molecule has 1 amide bonds. The number of halogens is 1. The maximum Gasteiger partial charge on any atom is 0.223 e. The SMILES string of the molecule is CCCC(Cl)CNC(=O)C1CCOCC1. The molecular weight excluding hydrogens is 214 g/mol. The summed E-state index contributed by atoms with van der Waals surface area (Å²) in [4.78, 5) is 11.7. The zero-order valence-electron chi connectivity index (χ0n) is 9.30. The molecule has 1 fully saturated rings. The predicted molar refractivity (Wildman–Crippen MR) is 61.1 cm³/mol. The number of nitrogens with one attached hydrogen (secondary N) is 1. The maximum absolute atomic E-state index is 11.7. The minimum absolute atomic E-state index is 0.0683. The molecule has 0 spiro atoms. The van der Waals surface area contributed by atoms with Crippen LogP contribution in [-0.4, -0.2) is 31.0 Å². The van der Waals surface area contributed by atoms with E-state index >= 15 is 0 Å². The zero-order chi connectivity index (χ0) is 11.1. The summed E-state index contributed by atoms with van der Waals surface area (Å²) >= 11 is 6.02. The van der Waals surface area contributed by atoms with E-state index in [1.54, 1.807) is 0 Å². The van der Waals surface area contributed by atoms with E-state index in [1.165, 1.54) is 0 Å². The highest BCUT2D eigenvalue weighted by atomic mass is 35.5. The molecule has 1 atom stereocenters. The zero-order valence-corrected chi connectivity index (χ0v) is 10.1. The first-order valence-electron chi connectivity index (χ1n) is 5.73. The van der Waals surface area contributed by atoms with Gasteiger partial charge in [-0.1, -0.05) is 13.3 Å². The lowest BCUT2D eigenvalue weighted by molar-refractivity contribution is -0.127. The van der Waals surface area contributed by atoms with E-state index in [2.05, 4.69) is 12.2 Å². The molecule has 0 aliphatic carbocycles. The molecule has 1 rings (SSSR count). The third-order valence-electron chi connectivity index (χ3n) is 2.69. The van der Waals surface area contributed by atoms with E-state index in [9.17, 15) is 4.79 Å². The van der Waals surface area contributed by atoms with Crippen molar-refractivity contribution in [1.29, 1.82) is 0 Å². The van der Waals surface area contributed by atoms with Crippen molar-refractivity contribution in [1.82, 2.24) is 5.32 Å². The highest BCUT2D eigenvalue weighted by Crippen LogP contribution is 2.14. The molecule has 0 saturated carbocycles. The molecular formula is C11H20ClNO2. The lowest BCUT2D eigenvalue weighted by Crippen LogP contribution is -2.37. The number of rotatable bonds is 5. The van der Waals surface area contributed by atoms with Gasteiger partial charge in [0, 0.05) is 25.7 Å². The van der Waals surface area contributed by atoms with Gasteiger partial charge < -0.3 is 10.1 Å². The lowest BCUT2D eigenvalue weighted by atomic mass is 9.99. The summed E-state index contributed by atoms with van der Waals surface area (Å²) in [7, 11) is 0. The number of carbonyl (C=O) groups is 1. The van der Waals surface area contributed by atoms with E-state index in [-0.39, 0.29) is 17.2 Å². The van der Waals surface area contributed by atoms with Crippen LogP contribution < -0.4 is 5.32 Å². The Morgan fingerprint density at radius 2 is 2.20 bits per heavy atom. The summed E-state index contributed by atoms with van der Waals surface area (Å²) in [6.45, 7) is 4.09. The molecule has 1 N–H and O–H groups in total. The van der Waals surface area contributed by atoms with Crippen LogP contribution >= 0.6 is 11.6 Å². The van der Waals surface area contributed by atoms with Crippen LogP contribution in [0.4, 0.5) is 0 Å². The second kappa shape index (κ2) is 7.07. The summed E-state index contributed by atoms with van der Waals surface area (Å²) in [6.07, 6.45) is 3.69. The predicted octanol–water partition coefficient (Wildman–Crippen LogP) is 1.94. The number of hydrogen-bond acceptors (Lipinski definition) is 2. The van der Waals surface area contributed by atoms with Gasteiger partial charge in [-0.05, 0) is 19.3 Å². The Labute approximate surface area is 96.5 Å².